The second-order valence-corrected chi connectivity index (χ2v) is 5.74. The molecule has 0 aliphatic carbocycles. The van der Waals surface area contributed by atoms with Gasteiger partial charge >= 0.3 is 6.09 Å². The number of hydrogen-bond donors (Lipinski definition) is 1. The van der Waals surface area contributed by atoms with Crippen molar-refractivity contribution >= 4 is 12.0 Å². The second kappa shape index (κ2) is 4.76. The minimum atomic E-state index is -0.491. The van der Waals surface area contributed by atoms with Crippen molar-refractivity contribution in [2.24, 2.45) is 0 Å². The number of nitrogens with one attached hydrogen (secondary N) is 1. The summed E-state index contributed by atoms with van der Waals surface area (Å²) in [5.41, 5.74) is -0.491. The lowest BCUT2D eigenvalue weighted by Gasteiger charge is -2.41. The summed E-state index contributed by atoms with van der Waals surface area (Å²) in [6.07, 6.45) is 0.265. The van der Waals surface area contributed by atoms with Crippen LogP contribution in [0.15, 0.2) is 0 Å². The molecule has 2 heterocycles. The van der Waals surface area contributed by atoms with Crippen LogP contribution in [0.2, 0.25) is 0 Å². The van der Waals surface area contributed by atoms with Crippen LogP contribution in [0, 0.1) is 0 Å². The van der Waals surface area contributed by atoms with Gasteiger partial charge in [0.05, 0.1) is 18.7 Å². The van der Waals surface area contributed by atoms with Crippen molar-refractivity contribution in [3.8, 4) is 0 Å². The molecule has 1 N–H and O–H groups in total. The van der Waals surface area contributed by atoms with Crippen LogP contribution in [0.25, 0.3) is 0 Å². The Balaban J connectivity index is 1.91. The third-order valence-corrected chi connectivity index (χ3v) is 2.99. The molecule has 2 atom stereocenters. The Bertz CT molecular complexity index is 350. The number of likely N-dealkylation sites (tertiary alicyclic amines) is 1. The second-order valence-electron chi connectivity index (χ2n) is 5.74. The summed E-state index contributed by atoms with van der Waals surface area (Å²) in [7, 11) is 0. The van der Waals surface area contributed by atoms with Gasteiger partial charge in [0.15, 0.2) is 0 Å². The zero-order chi connectivity index (χ0) is 13.3. The largest absolute Gasteiger partial charge is 0.444 e. The average molecular weight is 256 g/mol. The van der Waals surface area contributed by atoms with E-state index in [2.05, 4.69) is 5.32 Å². The molecule has 18 heavy (non-hydrogen) atoms. The van der Waals surface area contributed by atoms with Gasteiger partial charge in [-0.15, -0.1) is 0 Å². The van der Waals surface area contributed by atoms with Gasteiger partial charge in [-0.3, -0.25) is 4.79 Å². The Kier molecular flexibility index (Phi) is 3.47. The predicted molar refractivity (Wildman–Crippen MR) is 64.1 cm³/mol. The van der Waals surface area contributed by atoms with Crippen molar-refractivity contribution in [2.75, 3.05) is 19.7 Å². The maximum absolute atomic E-state index is 11.9. The minimum absolute atomic E-state index is 0.0185. The fourth-order valence-electron chi connectivity index (χ4n) is 2.17. The molecule has 102 valence electrons. The Morgan fingerprint density at radius 1 is 1.50 bits per heavy atom. The topological polar surface area (TPSA) is 67.9 Å². The lowest BCUT2D eigenvalue weighted by atomic mass is 10.0. The van der Waals surface area contributed by atoms with E-state index in [1.54, 1.807) is 4.90 Å². The van der Waals surface area contributed by atoms with Crippen molar-refractivity contribution in [3.63, 3.8) is 0 Å². The zero-order valence-electron chi connectivity index (χ0n) is 11.1. The van der Waals surface area contributed by atoms with Gasteiger partial charge in [-0.25, -0.2) is 4.79 Å². The average Bonchev–Trinajstić information content (AvgIpc) is 2.26. The zero-order valence-corrected chi connectivity index (χ0v) is 11.1. The molecule has 2 amide bonds. The van der Waals surface area contributed by atoms with E-state index >= 15 is 0 Å². The molecule has 2 aliphatic rings. The molecule has 0 aromatic carbocycles. The van der Waals surface area contributed by atoms with E-state index in [1.165, 1.54) is 0 Å². The Hall–Kier alpha value is -1.30. The van der Waals surface area contributed by atoms with E-state index in [-0.39, 0.29) is 30.8 Å². The molecule has 2 fully saturated rings. The van der Waals surface area contributed by atoms with Crippen molar-refractivity contribution in [1.82, 2.24) is 10.2 Å². The fourth-order valence-corrected chi connectivity index (χ4v) is 2.17. The summed E-state index contributed by atoms with van der Waals surface area (Å²) in [4.78, 5) is 24.7. The maximum atomic E-state index is 11.9. The van der Waals surface area contributed by atoms with Crippen LogP contribution in [-0.2, 0) is 14.3 Å². The van der Waals surface area contributed by atoms with Gasteiger partial charge in [-0.2, -0.15) is 0 Å². The van der Waals surface area contributed by atoms with Gasteiger partial charge in [0.25, 0.3) is 0 Å². The number of ether oxygens (including phenoxy) is 2. The highest BCUT2D eigenvalue weighted by molar-refractivity contribution is 5.78. The minimum Gasteiger partial charge on any atom is -0.444 e. The van der Waals surface area contributed by atoms with E-state index in [1.807, 2.05) is 20.8 Å². The van der Waals surface area contributed by atoms with E-state index in [0.29, 0.717) is 19.5 Å². The molecular formula is C12H20N2O4. The molecule has 2 rings (SSSR count). The van der Waals surface area contributed by atoms with Gasteiger partial charge in [-0.1, -0.05) is 0 Å². The fraction of sp³-hybridized carbons (Fsp3) is 0.833. The van der Waals surface area contributed by atoms with E-state index in [4.69, 9.17) is 9.47 Å². The number of carbonyl (C=O) groups excluding carboxylic acids is 2. The lowest BCUT2D eigenvalue weighted by molar-refractivity contribution is -0.140. The van der Waals surface area contributed by atoms with Crippen LogP contribution in [-0.4, -0.2) is 54.3 Å². The molecular weight excluding hydrogens is 236 g/mol. The molecule has 2 unspecified atom stereocenters. The lowest BCUT2D eigenvalue weighted by Crippen LogP contribution is -2.60. The monoisotopic (exact) mass is 256 g/mol. The highest BCUT2D eigenvalue weighted by atomic mass is 16.6. The van der Waals surface area contributed by atoms with Crippen LogP contribution in [0.3, 0.4) is 0 Å². The first kappa shape index (κ1) is 13.1. The van der Waals surface area contributed by atoms with Gasteiger partial charge < -0.3 is 19.7 Å². The third kappa shape index (κ3) is 3.13. The van der Waals surface area contributed by atoms with Crippen LogP contribution >= 0.6 is 0 Å². The van der Waals surface area contributed by atoms with Gasteiger partial charge in [0.1, 0.15) is 12.2 Å². The normalized spacial score (nSPS) is 28.4. The first-order valence-electron chi connectivity index (χ1n) is 6.24. The summed E-state index contributed by atoms with van der Waals surface area (Å²) in [6, 6.07) is 0.0185. The molecule has 6 nitrogen and oxygen atoms in total. The number of amides is 2. The predicted octanol–water partition coefficient (Wildman–Crippen LogP) is 0.511. The Morgan fingerprint density at radius 2 is 2.22 bits per heavy atom. The van der Waals surface area contributed by atoms with Crippen molar-refractivity contribution in [2.45, 2.75) is 44.9 Å². The van der Waals surface area contributed by atoms with Crippen LogP contribution < -0.4 is 5.32 Å². The summed E-state index contributed by atoms with van der Waals surface area (Å²) in [5, 5.41) is 2.88. The van der Waals surface area contributed by atoms with E-state index in [0.717, 1.165) is 0 Å². The van der Waals surface area contributed by atoms with Gasteiger partial charge in [0, 0.05) is 6.54 Å². The van der Waals surface area contributed by atoms with Gasteiger partial charge in [0.2, 0.25) is 5.91 Å². The third-order valence-electron chi connectivity index (χ3n) is 2.99. The molecule has 2 saturated heterocycles. The molecule has 0 radical (unpaired) electrons. The summed E-state index contributed by atoms with van der Waals surface area (Å²) < 4.78 is 10.8. The Morgan fingerprint density at radius 3 is 2.89 bits per heavy atom. The molecule has 2 aliphatic heterocycles. The quantitative estimate of drug-likeness (QED) is 0.685. The number of rotatable bonds is 0. The number of morpholine rings is 1. The molecule has 6 heteroatoms. The van der Waals surface area contributed by atoms with Crippen LogP contribution in [0.4, 0.5) is 4.79 Å². The molecule has 0 saturated carbocycles. The number of piperidine rings is 1. The van der Waals surface area contributed by atoms with E-state index in [9.17, 15) is 9.59 Å². The summed E-state index contributed by atoms with van der Waals surface area (Å²) in [6.45, 7) is 6.65. The van der Waals surface area contributed by atoms with E-state index < -0.39 is 5.60 Å². The van der Waals surface area contributed by atoms with Crippen LogP contribution in [0.5, 0.6) is 0 Å². The first-order chi connectivity index (χ1) is 8.35. The standard InChI is InChI=1S/C12H20N2O4/c1-12(2,3)18-11(16)14-5-4-8-9(6-14)17-7-10(15)13-8/h8-9H,4-7H2,1-3H3,(H,13,15). The number of fused-ring (bicyclic) bond motifs is 1. The first-order valence-corrected chi connectivity index (χ1v) is 6.24. The van der Waals surface area contributed by atoms with Gasteiger partial charge in [-0.05, 0) is 27.2 Å². The van der Waals surface area contributed by atoms with Crippen molar-refractivity contribution in [3.05, 3.63) is 0 Å². The number of hydrogen-bond acceptors (Lipinski definition) is 4. The number of nitrogens with zero attached hydrogens (tertiary/aromatic N) is 1. The molecule has 0 aromatic heterocycles. The molecule has 0 spiro atoms. The summed E-state index contributed by atoms with van der Waals surface area (Å²) >= 11 is 0. The maximum Gasteiger partial charge on any atom is 0.410 e. The van der Waals surface area contributed by atoms with Crippen molar-refractivity contribution in [1.29, 1.82) is 0 Å². The number of carbonyl (C=O) groups is 2. The SMILES string of the molecule is CC(C)(C)OC(=O)N1CCC2NC(=O)COC2C1. The van der Waals surface area contributed by atoms with Crippen molar-refractivity contribution < 1.29 is 19.1 Å². The smallest absolute Gasteiger partial charge is 0.410 e. The van der Waals surface area contributed by atoms with Crippen LogP contribution in [0.1, 0.15) is 27.2 Å². The summed E-state index contributed by atoms with van der Waals surface area (Å²) in [5.74, 6) is -0.0815. The highest BCUT2D eigenvalue weighted by Gasteiger charge is 2.37. The highest BCUT2D eigenvalue weighted by Crippen LogP contribution is 2.19. The Labute approximate surface area is 107 Å². The molecule has 0 bridgehead atoms. The molecule has 0 aromatic rings.